The van der Waals surface area contributed by atoms with Gasteiger partial charge < -0.3 is 9.64 Å². The minimum Gasteiger partial charge on any atom is -0.494 e. The number of likely N-dealkylation sites (N-methyl/N-ethyl adjacent to an activating group) is 1. The Morgan fingerprint density at radius 1 is 1.02 bits per heavy atom. The first-order chi connectivity index (χ1) is 19.6. The van der Waals surface area contributed by atoms with Crippen LogP contribution in [0.25, 0.3) is 33.5 Å². The topological polar surface area (TPSA) is 87.2 Å². The van der Waals surface area contributed by atoms with E-state index in [0.717, 1.165) is 103 Å². The van der Waals surface area contributed by atoms with Crippen LogP contribution in [0.3, 0.4) is 0 Å². The zero-order chi connectivity index (χ0) is 27.2. The van der Waals surface area contributed by atoms with Crippen molar-refractivity contribution < 1.29 is 9.53 Å². The number of hydrogen-bond acceptors (Lipinski definition) is 6. The number of nitrogens with zero attached hydrogens (tertiary/aromatic N) is 5. The average molecular weight is 537 g/mol. The van der Waals surface area contributed by atoms with E-state index in [4.69, 9.17) is 14.7 Å². The third-order valence-electron chi connectivity index (χ3n) is 9.21. The summed E-state index contributed by atoms with van der Waals surface area (Å²) in [5.74, 6) is 1.42. The Morgan fingerprint density at radius 3 is 2.65 bits per heavy atom. The van der Waals surface area contributed by atoms with Crippen molar-refractivity contribution in [2.24, 2.45) is 0 Å². The van der Waals surface area contributed by atoms with Gasteiger partial charge in [0.05, 0.1) is 18.7 Å². The molecule has 3 aromatic heterocycles. The van der Waals surface area contributed by atoms with Crippen LogP contribution in [0.1, 0.15) is 54.8 Å². The smallest absolute Gasteiger partial charge is 0.239 e. The van der Waals surface area contributed by atoms with Crippen LogP contribution < -0.4 is 4.74 Å². The van der Waals surface area contributed by atoms with Gasteiger partial charge in [-0.2, -0.15) is 5.10 Å². The van der Waals surface area contributed by atoms with Crippen LogP contribution in [-0.2, 0) is 17.6 Å². The molecule has 1 aliphatic carbocycles. The number of aromatic nitrogens is 4. The van der Waals surface area contributed by atoms with Crippen molar-refractivity contribution >= 4 is 16.9 Å². The quantitative estimate of drug-likeness (QED) is 0.387. The Labute approximate surface area is 234 Å². The van der Waals surface area contributed by atoms with Crippen molar-refractivity contribution in [1.29, 1.82) is 0 Å². The first kappa shape index (κ1) is 25.2. The number of fused-ring (bicyclic) bond motifs is 2. The standard InChI is InChI=1S/C32H36N6O2/c1-37-15-5-10-27(37)32(39)38-16-13-21(14-17-38)25-12-11-22(19-33-25)29-31-26(35-36-29)18-28(40-2)30(34-31)24-9-4-7-20-6-3-8-23(20)24/h4,7,9,11-12,18-19,21,27H,3,5-6,8,10,13-17H2,1-2H3,(H,35,36)/t27-/m0/s1. The SMILES string of the molecule is COc1cc2[nH]nc(-c3ccc(C4CCN(C(=O)[C@@H]5CCCN5C)CC4)nc3)c2nc1-c1cccc2c1CCC2. The van der Waals surface area contributed by atoms with Crippen LogP contribution >= 0.6 is 0 Å². The Morgan fingerprint density at radius 2 is 1.90 bits per heavy atom. The fourth-order valence-electron chi connectivity index (χ4n) is 6.94. The van der Waals surface area contributed by atoms with E-state index in [2.05, 4.69) is 57.4 Å². The number of carbonyl (C=O) groups excluding carboxylic acids is 1. The highest BCUT2D eigenvalue weighted by Gasteiger charge is 2.33. The van der Waals surface area contributed by atoms with E-state index in [9.17, 15) is 4.79 Å². The van der Waals surface area contributed by atoms with E-state index in [-0.39, 0.29) is 6.04 Å². The zero-order valence-electron chi connectivity index (χ0n) is 23.3. The summed E-state index contributed by atoms with van der Waals surface area (Å²) in [7, 11) is 3.76. The Hall–Kier alpha value is -3.78. The van der Waals surface area contributed by atoms with Crippen LogP contribution in [0.4, 0.5) is 0 Å². The minimum absolute atomic E-state index is 0.0644. The summed E-state index contributed by atoms with van der Waals surface area (Å²) >= 11 is 0. The van der Waals surface area contributed by atoms with Crippen LogP contribution in [0.5, 0.6) is 5.75 Å². The maximum absolute atomic E-state index is 13.0. The molecule has 0 bridgehead atoms. The molecule has 0 saturated carbocycles. The molecule has 8 nitrogen and oxygen atoms in total. The molecule has 7 rings (SSSR count). The summed E-state index contributed by atoms with van der Waals surface area (Å²) in [6, 6.07) is 12.8. The monoisotopic (exact) mass is 536 g/mol. The molecule has 4 aromatic rings. The van der Waals surface area contributed by atoms with Crippen molar-refractivity contribution in [1.82, 2.24) is 30.0 Å². The van der Waals surface area contributed by atoms with E-state index >= 15 is 0 Å². The Bertz CT molecular complexity index is 1550. The van der Waals surface area contributed by atoms with E-state index in [1.54, 1.807) is 7.11 Å². The molecular formula is C32H36N6O2. The second-order valence-electron chi connectivity index (χ2n) is 11.5. The molecular weight excluding hydrogens is 500 g/mol. The second kappa shape index (κ2) is 10.3. The molecule has 5 heterocycles. The minimum atomic E-state index is 0.0644. The molecule has 1 amide bonds. The van der Waals surface area contributed by atoms with Crippen LogP contribution in [-0.4, -0.2) is 75.7 Å². The third-order valence-corrected chi connectivity index (χ3v) is 9.21. The number of rotatable bonds is 5. The summed E-state index contributed by atoms with van der Waals surface area (Å²) in [4.78, 5) is 27.2. The maximum Gasteiger partial charge on any atom is 0.239 e. The Balaban J connectivity index is 1.12. The number of benzene rings is 1. The molecule has 8 heteroatoms. The molecule has 3 aliphatic rings. The molecule has 40 heavy (non-hydrogen) atoms. The highest BCUT2D eigenvalue weighted by atomic mass is 16.5. The summed E-state index contributed by atoms with van der Waals surface area (Å²) in [6.07, 6.45) is 9.29. The van der Waals surface area contributed by atoms with Crippen molar-refractivity contribution in [2.75, 3.05) is 33.8 Å². The van der Waals surface area contributed by atoms with E-state index in [1.807, 2.05) is 12.3 Å². The molecule has 2 saturated heterocycles. The summed E-state index contributed by atoms with van der Waals surface area (Å²) in [5, 5.41) is 7.78. The first-order valence-corrected chi connectivity index (χ1v) is 14.6. The number of piperidine rings is 1. The van der Waals surface area contributed by atoms with Crippen LogP contribution in [0.15, 0.2) is 42.6 Å². The maximum atomic E-state index is 13.0. The number of carbonyl (C=O) groups is 1. The fraction of sp³-hybridized carbons (Fsp3) is 0.438. The van der Waals surface area contributed by atoms with Crippen LogP contribution in [0, 0.1) is 0 Å². The number of pyridine rings is 2. The molecule has 206 valence electrons. The summed E-state index contributed by atoms with van der Waals surface area (Å²) in [5.41, 5.74) is 9.30. The van der Waals surface area contributed by atoms with Gasteiger partial charge in [0.1, 0.15) is 22.7 Å². The second-order valence-corrected chi connectivity index (χ2v) is 11.5. The third kappa shape index (κ3) is 4.35. The number of hydrogen-bond donors (Lipinski definition) is 1. The largest absolute Gasteiger partial charge is 0.494 e. The molecule has 2 aliphatic heterocycles. The number of amides is 1. The predicted octanol–water partition coefficient (Wildman–Crippen LogP) is 4.98. The van der Waals surface area contributed by atoms with Gasteiger partial charge in [0.15, 0.2) is 0 Å². The molecule has 0 unspecified atom stereocenters. The number of aromatic amines is 1. The van der Waals surface area contributed by atoms with Gasteiger partial charge in [0.25, 0.3) is 0 Å². The van der Waals surface area contributed by atoms with Gasteiger partial charge in [-0.05, 0) is 81.8 Å². The molecule has 2 fully saturated rings. The molecule has 1 atom stereocenters. The van der Waals surface area contributed by atoms with E-state index < -0.39 is 0 Å². The van der Waals surface area contributed by atoms with E-state index in [1.165, 1.54) is 17.5 Å². The van der Waals surface area contributed by atoms with Crippen molar-refractivity contribution in [2.45, 2.75) is 56.9 Å². The van der Waals surface area contributed by atoms with Gasteiger partial charge in [-0.1, -0.05) is 18.2 Å². The molecule has 1 N–H and O–H groups in total. The number of aryl methyl sites for hydroxylation is 1. The van der Waals surface area contributed by atoms with Crippen LogP contribution in [0.2, 0.25) is 0 Å². The highest BCUT2D eigenvalue weighted by molar-refractivity contribution is 5.93. The van der Waals surface area contributed by atoms with Gasteiger partial charge in [0.2, 0.25) is 5.91 Å². The predicted molar refractivity (Wildman–Crippen MR) is 155 cm³/mol. The number of nitrogens with one attached hydrogen (secondary N) is 1. The van der Waals surface area contributed by atoms with Gasteiger partial charge in [-0.25, -0.2) is 4.98 Å². The summed E-state index contributed by atoms with van der Waals surface area (Å²) in [6.45, 7) is 2.63. The number of ether oxygens (including phenoxy) is 1. The average Bonchev–Trinajstić information content (AvgIpc) is 3.75. The normalized spacial score (nSPS) is 19.9. The van der Waals surface area contributed by atoms with Gasteiger partial charge in [-0.15, -0.1) is 0 Å². The van der Waals surface area contributed by atoms with Crippen molar-refractivity contribution in [3.63, 3.8) is 0 Å². The van der Waals surface area contributed by atoms with E-state index in [0.29, 0.717) is 11.8 Å². The molecule has 0 spiro atoms. The number of H-pyrrole nitrogens is 1. The van der Waals surface area contributed by atoms with Crippen molar-refractivity contribution in [3.8, 4) is 28.3 Å². The lowest BCUT2D eigenvalue weighted by Crippen LogP contribution is -2.47. The Kier molecular flexibility index (Phi) is 6.50. The van der Waals surface area contributed by atoms with Gasteiger partial charge in [-0.3, -0.25) is 19.8 Å². The zero-order valence-corrected chi connectivity index (χ0v) is 23.3. The first-order valence-electron chi connectivity index (χ1n) is 14.6. The lowest BCUT2D eigenvalue weighted by Gasteiger charge is -2.34. The lowest BCUT2D eigenvalue weighted by molar-refractivity contribution is -0.136. The van der Waals surface area contributed by atoms with Gasteiger partial charge >= 0.3 is 0 Å². The van der Waals surface area contributed by atoms with Crippen molar-refractivity contribution in [3.05, 3.63) is 59.4 Å². The number of methoxy groups -OCH3 is 1. The highest BCUT2D eigenvalue weighted by Crippen LogP contribution is 2.39. The number of likely N-dealkylation sites (tertiary alicyclic amines) is 2. The summed E-state index contributed by atoms with van der Waals surface area (Å²) < 4.78 is 5.77. The lowest BCUT2D eigenvalue weighted by atomic mass is 9.92. The molecule has 1 aromatic carbocycles. The fourth-order valence-corrected chi connectivity index (χ4v) is 6.94. The van der Waals surface area contributed by atoms with Gasteiger partial charge in [0, 0.05) is 48.1 Å². The molecule has 0 radical (unpaired) electrons.